The van der Waals surface area contributed by atoms with Gasteiger partial charge in [-0.15, -0.1) is 5.92 Å². The SMILES string of the molecule is CC#Cc1cncc(-c2cccc(C3(C(C)C)N=C(N)N(C)C3=O)c2)c1. The predicted octanol–water partition coefficient (Wildman–Crippen LogP) is 2.76. The molecule has 0 aliphatic carbocycles. The van der Waals surface area contributed by atoms with E-state index in [1.54, 1.807) is 26.4 Å². The second-order valence-electron chi connectivity index (χ2n) is 6.67. The van der Waals surface area contributed by atoms with Crippen LogP contribution in [0.3, 0.4) is 0 Å². The molecule has 0 spiro atoms. The van der Waals surface area contributed by atoms with Crippen LogP contribution in [-0.4, -0.2) is 28.8 Å². The molecular weight excluding hydrogens is 324 g/mol. The molecule has 1 aromatic heterocycles. The number of nitrogens with zero attached hydrogens (tertiary/aromatic N) is 3. The van der Waals surface area contributed by atoms with Gasteiger partial charge in [0.1, 0.15) is 0 Å². The number of amides is 1. The third-order valence-corrected chi connectivity index (χ3v) is 4.74. The lowest BCUT2D eigenvalue weighted by atomic mass is 9.79. The van der Waals surface area contributed by atoms with Gasteiger partial charge >= 0.3 is 0 Å². The summed E-state index contributed by atoms with van der Waals surface area (Å²) in [7, 11) is 1.66. The van der Waals surface area contributed by atoms with E-state index in [4.69, 9.17) is 5.73 Å². The third kappa shape index (κ3) is 2.74. The molecule has 0 saturated heterocycles. The highest BCUT2D eigenvalue weighted by atomic mass is 16.2. The van der Waals surface area contributed by atoms with Crippen molar-refractivity contribution in [3.05, 3.63) is 53.9 Å². The molecule has 0 radical (unpaired) electrons. The number of rotatable bonds is 3. The van der Waals surface area contributed by atoms with E-state index in [1.807, 2.05) is 44.2 Å². The molecule has 2 N–H and O–H groups in total. The summed E-state index contributed by atoms with van der Waals surface area (Å²) < 4.78 is 0. The molecule has 1 aliphatic rings. The van der Waals surface area contributed by atoms with E-state index in [1.165, 1.54) is 4.90 Å². The second-order valence-corrected chi connectivity index (χ2v) is 6.67. The fraction of sp³-hybridized carbons (Fsp3) is 0.286. The molecule has 0 bridgehead atoms. The molecule has 1 unspecified atom stereocenters. The number of benzene rings is 1. The molecule has 1 amide bonds. The number of nitrogens with two attached hydrogens (primary N) is 1. The maximum atomic E-state index is 13.0. The number of hydrogen-bond donors (Lipinski definition) is 1. The van der Waals surface area contributed by atoms with Gasteiger partial charge in [-0.3, -0.25) is 14.7 Å². The minimum absolute atomic E-state index is 0.0378. The zero-order chi connectivity index (χ0) is 18.9. The van der Waals surface area contributed by atoms with Crippen LogP contribution in [0.15, 0.2) is 47.7 Å². The highest BCUT2D eigenvalue weighted by molar-refractivity contribution is 6.07. The molecule has 5 heteroatoms. The van der Waals surface area contributed by atoms with Crippen LogP contribution in [0.5, 0.6) is 0 Å². The smallest absolute Gasteiger partial charge is 0.261 e. The Morgan fingerprint density at radius 2 is 1.96 bits per heavy atom. The average Bonchev–Trinajstić information content (AvgIpc) is 2.87. The van der Waals surface area contributed by atoms with Gasteiger partial charge in [0, 0.05) is 30.6 Å². The fourth-order valence-electron chi connectivity index (χ4n) is 3.31. The van der Waals surface area contributed by atoms with E-state index in [0.717, 1.165) is 22.3 Å². The zero-order valence-corrected chi connectivity index (χ0v) is 15.4. The van der Waals surface area contributed by atoms with Crippen LogP contribution >= 0.6 is 0 Å². The van der Waals surface area contributed by atoms with Crippen molar-refractivity contribution in [2.75, 3.05) is 7.05 Å². The zero-order valence-electron chi connectivity index (χ0n) is 15.4. The number of carbonyl (C=O) groups is 1. The Balaban J connectivity index is 2.13. The number of aliphatic imine (C=N–C) groups is 1. The fourth-order valence-corrected chi connectivity index (χ4v) is 3.31. The van der Waals surface area contributed by atoms with Crippen LogP contribution < -0.4 is 5.73 Å². The van der Waals surface area contributed by atoms with Gasteiger partial charge < -0.3 is 5.73 Å². The summed E-state index contributed by atoms with van der Waals surface area (Å²) in [4.78, 5) is 23.2. The maximum absolute atomic E-state index is 13.0. The number of likely N-dealkylation sites (N-methyl/N-ethyl adjacent to an activating group) is 1. The van der Waals surface area contributed by atoms with E-state index in [2.05, 4.69) is 21.8 Å². The molecule has 26 heavy (non-hydrogen) atoms. The van der Waals surface area contributed by atoms with Crippen LogP contribution in [0.4, 0.5) is 0 Å². The number of carbonyl (C=O) groups excluding carboxylic acids is 1. The molecule has 2 heterocycles. The molecule has 2 aromatic rings. The Hall–Kier alpha value is -3.13. The van der Waals surface area contributed by atoms with Crippen molar-refractivity contribution >= 4 is 11.9 Å². The lowest BCUT2D eigenvalue weighted by Crippen LogP contribution is -2.43. The Labute approximate surface area is 154 Å². The van der Waals surface area contributed by atoms with Crippen LogP contribution in [0.1, 0.15) is 31.9 Å². The summed E-state index contributed by atoms with van der Waals surface area (Å²) >= 11 is 0. The van der Waals surface area contributed by atoms with Crippen molar-refractivity contribution in [2.45, 2.75) is 26.3 Å². The minimum Gasteiger partial charge on any atom is -0.369 e. The van der Waals surface area contributed by atoms with Crippen molar-refractivity contribution in [3.8, 4) is 23.0 Å². The molecule has 3 rings (SSSR count). The number of aromatic nitrogens is 1. The molecule has 132 valence electrons. The van der Waals surface area contributed by atoms with Crippen molar-refractivity contribution in [3.63, 3.8) is 0 Å². The van der Waals surface area contributed by atoms with Gasteiger partial charge in [0.05, 0.1) is 0 Å². The molecule has 1 aliphatic heterocycles. The standard InChI is InChI=1S/C21H22N4O/c1-5-7-15-10-17(13-23-12-15)16-8-6-9-18(11-16)21(14(2)3)19(26)25(4)20(22)24-21/h6,8-14H,1-4H3,(H2,22,24). The molecule has 5 nitrogen and oxygen atoms in total. The maximum Gasteiger partial charge on any atom is 0.261 e. The van der Waals surface area contributed by atoms with Crippen LogP contribution in [0, 0.1) is 17.8 Å². The van der Waals surface area contributed by atoms with Gasteiger partial charge in [0.25, 0.3) is 5.91 Å². The second kappa shape index (κ2) is 6.64. The predicted molar refractivity (Wildman–Crippen MR) is 103 cm³/mol. The normalized spacial score (nSPS) is 19.3. The lowest BCUT2D eigenvalue weighted by molar-refractivity contribution is -0.132. The van der Waals surface area contributed by atoms with Gasteiger partial charge in [0.2, 0.25) is 0 Å². The van der Waals surface area contributed by atoms with Gasteiger partial charge in [-0.2, -0.15) is 0 Å². The number of pyridine rings is 1. The first kappa shape index (κ1) is 17.7. The van der Waals surface area contributed by atoms with E-state index in [-0.39, 0.29) is 17.8 Å². The van der Waals surface area contributed by atoms with Gasteiger partial charge in [-0.1, -0.05) is 38.0 Å². The first-order chi connectivity index (χ1) is 12.4. The van der Waals surface area contributed by atoms with Gasteiger partial charge in [-0.05, 0) is 36.1 Å². The first-order valence-electron chi connectivity index (χ1n) is 8.52. The first-order valence-corrected chi connectivity index (χ1v) is 8.52. The number of hydrogen-bond acceptors (Lipinski definition) is 4. The summed E-state index contributed by atoms with van der Waals surface area (Å²) in [5.41, 5.74) is 8.55. The highest BCUT2D eigenvalue weighted by Gasteiger charge is 2.50. The van der Waals surface area contributed by atoms with E-state index >= 15 is 0 Å². The summed E-state index contributed by atoms with van der Waals surface area (Å²) in [5, 5.41) is 0. The van der Waals surface area contributed by atoms with Crippen LogP contribution in [-0.2, 0) is 10.3 Å². The third-order valence-electron chi connectivity index (χ3n) is 4.74. The molecule has 0 saturated carbocycles. The van der Waals surface area contributed by atoms with Crippen molar-refractivity contribution < 1.29 is 4.79 Å². The van der Waals surface area contributed by atoms with Crippen molar-refractivity contribution in [1.29, 1.82) is 0 Å². The van der Waals surface area contributed by atoms with Gasteiger partial charge in [-0.25, -0.2) is 4.99 Å². The minimum atomic E-state index is -0.997. The monoisotopic (exact) mass is 346 g/mol. The topological polar surface area (TPSA) is 71.6 Å². The van der Waals surface area contributed by atoms with Crippen LogP contribution in [0.2, 0.25) is 0 Å². The van der Waals surface area contributed by atoms with E-state index in [9.17, 15) is 4.79 Å². The Morgan fingerprint density at radius 3 is 2.58 bits per heavy atom. The van der Waals surface area contributed by atoms with Crippen molar-refractivity contribution in [1.82, 2.24) is 9.88 Å². The van der Waals surface area contributed by atoms with Gasteiger partial charge in [0.15, 0.2) is 11.5 Å². The Morgan fingerprint density at radius 1 is 1.19 bits per heavy atom. The molecule has 1 aromatic carbocycles. The number of guanidine groups is 1. The molecule has 1 atom stereocenters. The summed E-state index contributed by atoms with van der Waals surface area (Å²) in [6, 6.07) is 9.84. The Bertz CT molecular complexity index is 952. The summed E-state index contributed by atoms with van der Waals surface area (Å²) in [5.74, 6) is 6.01. The van der Waals surface area contributed by atoms with Crippen LogP contribution in [0.25, 0.3) is 11.1 Å². The van der Waals surface area contributed by atoms with E-state index < -0.39 is 5.54 Å². The quantitative estimate of drug-likeness (QED) is 0.869. The Kier molecular flexibility index (Phi) is 4.52. The van der Waals surface area contributed by atoms with E-state index in [0.29, 0.717) is 0 Å². The summed E-state index contributed by atoms with van der Waals surface area (Å²) in [6.07, 6.45) is 3.53. The lowest BCUT2D eigenvalue weighted by Gasteiger charge is -2.29. The largest absolute Gasteiger partial charge is 0.369 e. The van der Waals surface area contributed by atoms with Crippen molar-refractivity contribution in [2.24, 2.45) is 16.6 Å². The average molecular weight is 346 g/mol. The molecule has 0 fully saturated rings. The molecular formula is C21H22N4O. The summed E-state index contributed by atoms with van der Waals surface area (Å²) in [6.45, 7) is 5.77. The highest BCUT2D eigenvalue weighted by Crippen LogP contribution is 2.40.